The third-order valence-corrected chi connectivity index (χ3v) is 3.12. The minimum absolute atomic E-state index is 0.810. The van der Waals surface area contributed by atoms with Gasteiger partial charge in [0, 0.05) is 43.1 Å². The monoisotopic (exact) mass is 291 g/mol. The van der Waals surface area contributed by atoms with Gasteiger partial charge < -0.3 is 4.90 Å². The molecule has 0 saturated heterocycles. The molecule has 2 heterocycles. The Morgan fingerprint density at radius 2 is 2.06 bits per heavy atom. The Morgan fingerprint density at radius 1 is 1.24 bits per heavy atom. The molecule has 3 nitrogen and oxygen atoms in total. The van der Waals surface area contributed by atoms with E-state index in [-0.39, 0.29) is 0 Å². The van der Waals surface area contributed by atoms with E-state index >= 15 is 0 Å². The van der Waals surface area contributed by atoms with Crippen molar-refractivity contribution in [1.29, 1.82) is 0 Å². The number of pyridine rings is 2. The average molecular weight is 292 g/mol. The van der Waals surface area contributed by atoms with Crippen molar-refractivity contribution in [3.8, 4) is 0 Å². The number of hydrogen-bond acceptors (Lipinski definition) is 3. The lowest BCUT2D eigenvalue weighted by Crippen LogP contribution is -2.19. The largest absolute Gasteiger partial charge is 0.355 e. The first-order valence-electron chi connectivity index (χ1n) is 5.41. The van der Waals surface area contributed by atoms with Crippen LogP contribution in [-0.2, 0) is 11.9 Å². The van der Waals surface area contributed by atoms with E-state index in [4.69, 9.17) is 0 Å². The predicted molar refractivity (Wildman–Crippen MR) is 73.2 cm³/mol. The topological polar surface area (TPSA) is 29.0 Å². The maximum Gasteiger partial charge on any atom is 0.132 e. The van der Waals surface area contributed by atoms with E-state index in [1.807, 2.05) is 31.6 Å². The van der Waals surface area contributed by atoms with Crippen molar-refractivity contribution in [2.45, 2.75) is 11.9 Å². The Morgan fingerprint density at radius 3 is 2.76 bits per heavy atom. The summed E-state index contributed by atoms with van der Waals surface area (Å²) in [6.45, 7) is 0.810. The van der Waals surface area contributed by atoms with Gasteiger partial charge in [-0.2, -0.15) is 0 Å². The van der Waals surface area contributed by atoms with Gasteiger partial charge in [0.1, 0.15) is 5.82 Å². The van der Waals surface area contributed by atoms with Crippen LogP contribution >= 0.6 is 15.9 Å². The molecule has 0 bridgehead atoms. The Bertz CT molecular complexity index is 473. The minimum atomic E-state index is 0.810. The third-order valence-electron chi connectivity index (χ3n) is 2.52. The van der Waals surface area contributed by atoms with E-state index in [0.29, 0.717) is 0 Å². The molecule has 0 radical (unpaired) electrons. The lowest BCUT2D eigenvalue weighted by molar-refractivity contribution is 0.884. The second-order valence-corrected chi connectivity index (χ2v) is 4.40. The van der Waals surface area contributed by atoms with Crippen molar-refractivity contribution in [2.24, 2.45) is 0 Å². The first-order chi connectivity index (χ1) is 8.31. The highest BCUT2D eigenvalue weighted by Gasteiger charge is 2.07. The van der Waals surface area contributed by atoms with Crippen LogP contribution in [0.1, 0.15) is 11.1 Å². The normalized spacial score (nSPS) is 10.2. The van der Waals surface area contributed by atoms with E-state index in [1.54, 1.807) is 6.20 Å². The number of hydrogen-bond donors (Lipinski definition) is 0. The maximum absolute atomic E-state index is 4.42. The maximum atomic E-state index is 4.42. The standard InChI is InChI=1S/C13H14BrN3/c1-17(10-11-4-2-6-15-9-11)13-12(8-14)5-3-7-16-13/h2-7,9H,8,10H2,1H3. The van der Waals surface area contributed by atoms with Crippen molar-refractivity contribution in [2.75, 3.05) is 11.9 Å². The number of anilines is 1. The van der Waals surface area contributed by atoms with Gasteiger partial charge in [0.25, 0.3) is 0 Å². The quantitative estimate of drug-likeness (QED) is 0.811. The molecule has 0 aliphatic heterocycles. The molecule has 4 heteroatoms. The zero-order valence-electron chi connectivity index (χ0n) is 9.68. The molecule has 2 rings (SSSR count). The molecule has 0 spiro atoms. The molecule has 2 aromatic rings. The molecular weight excluding hydrogens is 278 g/mol. The first kappa shape index (κ1) is 12.0. The second-order valence-electron chi connectivity index (χ2n) is 3.84. The van der Waals surface area contributed by atoms with Crippen molar-refractivity contribution < 1.29 is 0 Å². The molecular formula is C13H14BrN3. The molecule has 0 aromatic carbocycles. The van der Waals surface area contributed by atoms with Crippen LogP contribution in [-0.4, -0.2) is 17.0 Å². The van der Waals surface area contributed by atoms with Crippen LogP contribution in [0.2, 0.25) is 0 Å². The summed E-state index contributed by atoms with van der Waals surface area (Å²) in [6, 6.07) is 8.06. The molecule has 0 amide bonds. The van der Waals surface area contributed by atoms with Crippen LogP contribution in [0.4, 0.5) is 5.82 Å². The Balaban J connectivity index is 2.17. The molecule has 88 valence electrons. The Labute approximate surface area is 110 Å². The molecule has 0 atom stereocenters. The van der Waals surface area contributed by atoms with Crippen LogP contribution in [0.15, 0.2) is 42.9 Å². The molecule has 0 N–H and O–H groups in total. The first-order valence-corrected chi connectivity index (χ1v) is 6.53. The summed E-state index contributed by atoms with van der Waals surface area (Å²) in [5, 5.41) is 0.813. The van der Waals surface area contributed by atoms with E-state index in [2.05, 4.69) is 42.9 Å². The fraction of sp³-hybridized carbons (Fsp3) is 0.231. The van der Waals surface area contributed by atoms with Gasteiger partial charge in [-0.25, -0.2) is 4.98 Å². The summed E-state index contributed by atoms with van der Waals surface area (Å²) < 4.78 is 0. The summed E-state index contributed by atoms with van der Waals surface area (Å²) in [5.41, 5.74) is 2.38. The molecule has 17 heavy (non-hydrogen) atoms. The number of nitrogens with zero attached hydrogens (tertiary/aromatic N) is 3. The summed E-state index contributed by atoms with van der Waals surface area (Å²) in [4.78, 5) is 10.7. The lowest BCUT2D eigenvalue weighted by atomic mass is 10.2. The predicted octanol–water partition coefficient (Wildman–Crippen LogP) is 3.01. The smallest absolute Gasteiger partial charge is 0.132 e. The average Bonchev–Trinajstić information content (AvgIpc) is 2.40. The molecule has 0 fully saturated rings. The third kappa shape index (κ3) is 3.03. The van der Waals surface area contributed by atoms with Crippen LogP contribution in [0.25, 0.3) is 0 Å². The molecule has 0 saturated carbocycles. The van der Waals surface area contributed by atoms with Gasteiger partial charge in [0.2, 0.25) is 0 Å². The van der Waals surface area contributed by atoms with Gasteiger partial charge in [-0.15, -0.1) is 0 Å². The van der Waals surface area contributed by atoms with Crippen molar-refractivity contribution in [3.63, 3.8) is 0 Å². The highest BCUT2D eigenvalue weighted by atomic mass is 79.9. The second kappa shape index (κ2) is 5.77. The van der Waals surface area contributed by atoms with Gasteiger partial charge in [-0.1, -0.05) is 28.1 Å². The van der Waals surface area contributed by atoms with E-state index in [9.17, 15) is 0 Å². The van der Waals surface area contributed by atoms with Gasteiger partial charge >= 0.3 is 0 Å². The molecule has 0 unspecified atom stereocenters. The zero-order valence-corrected chi connectivity index (χ0v) is 11.3. The zero-order chi connectivity index (χ0) is 12.1. The van der Waals surface area contributed by atoms with Crippen molar-refractivity contribution in [3.05, 3.63) is 54.0 Å². The van der Waals surface area contributed by atoms with Crippen molar-refractivity contribution in [1.82, 2.24) is 9.97 Å². The summed E-state index contributed by atoms with van der Waals surface area (Å²) >= 11 is 3.48. The molecule has 0 aliphatic carbocycles. The van der Waals surface area contributed by atoms with Gasteiger partial charge in [-0.3, -0.25) is 4.98 Å². The Hall–Kier alpha value is -1.42. The van der Waals surface area contributed by atoms with Crippen molar-refractivity contribution >= 4 is 21.7 Å². The van der Waals surface area contributed by atoms with Crippen LogP contribution < -0.4 is 4.90 Å². The summed E-state index contributed by atoms with van der Waals surface area (Å²) in [5.74, 6) is 1.01. The SMILES string of the molecule is CN(Cc1cccnc1)c1ncccc1CBr. The van der Waals surface area contributed by atoms with Gasteiger partial charge in [0.15, 0.2) is 0 Å². The van der Waals surface area contributed by atoms with Gasteiger partial charge in [0.05, 0.1) is 0 Å². The van der Waals surface area contributed by atoms with Crippen LogP contribution in [0, 0.1) is 0 Å². The fourth-order valence-corrected chi connectivity index (χ4v) is 2.16. The van der Waals surface area contributed by atoms with Crippen LogP contribution in [0.5, 0.6) is 0 Å². The fourth-order valence-electron chi connectivity index (χ4n) is 1.72. The number of aromatic nitrogens is 2. The van der Waals surface area contributed by atoms with E-state index in [1.165, 1.54) is 11.1 Å². The molecule has 0 aliphatic rings. The number of rotatable bonds is 4. The molecule has 2 aromatic heterocycles. The number of alkyl halides is 1. The van der Waals surface area contributed by atoms with E-state index < -0.39 is 0 Å². The highest BCUT2D eigenvalue weighted by molar-refractivity contribution is 9.08. The van der Waals surface area contributed by atoms with E-state index in [0.717, 1.165) is 17.7 Å². The summed E-state index contributed by atoms with van der Waals surface area (Å²) in [7, 11) is 2.04. The van der Waals surface area contributed by atoms with Crippen LogP contribution in [0.3, 0.4) is 0 Å². The summed E-state index contributed by atoms with van der Waals surface area (Å²) in [6.07, 6.45) is 5.49. The Kier molecular flexibility index (Phi) is 4.09. The number of halogens is 1. The minimum Gasteiger partial charge on any atom is -0.355 e. The van der Waals surface area contributed by atoms with Gasteiger partial charge in [-0.05, 0) is 17.7 Å². The lowest BCUT2D eigenvalue weighted by Gasteiger charge is -2.20. The highest BCUT2D eigenvalue weighted by Crippen LogP contribution is 2.19.